The molecular weight excluding hydrogens is 896 g/mol. The topological polar surface area (TPSA) is 405 Å². The maximum atomic E-state index is 11.2. The van der Waals surface area contributed by atoms with Crippen molar-refractivity contribution in [3.63, 3.8) is 0 Å². The van der Waals surface area contributed by atoms with E-state index in [1.165, 1.54) is 14.2 Å². The highest BCUT2D eigenvalue weighted by Gasteiger charge is 2.51. The van der Waals surface area contributed by atoms with Crippen molar-refractivity contribution in [2.24, 2.45) is 23.7 Å². The van der Waals surface area contributed by atoms with E-state index in [4.69, 9.17) is 52.1 Å². The molecule has 15 N–H and O–H groups in total. The van der Waals surface area contributed by atoms with Crippen molar-refractivity contribution in [1.82, 2.24) is 0 Å². The molecule has 0 aromatic heterocycles. The van der Waals surface area contributed by atoms with Gasteiger partial charge in [-0.3, -0.25) is 0 Å². The second-order valence-corrected chi connectivity index (χ2v) is 17.5. The second kappa shape index (κ2) is 26.4. The van der Waals surface area contributed by atoms with Crippen molar-refractivity contribution < 1.29 is 129 Å². The summed E-state index contributed by atoms with van der Waals surface area (Å²) in [6.07, 6.45) is -28.1. The monoisotopic (exact) mass is 968 g/mol. The van der Waals surface area contributed by atoms with Gasteiger partial charge in [-0.15, -0.1) is 0 Å². The van der Waals surface area contributed by atoms with Crippen molar-refractivity contribution in [3.05, 3.63) is 0 Å². The van der Waals surface area contributed by atoms with Crippen LogP contribution >= 0.6 is 0 Å². The molecule has 0 aromatic carbocycles. The molecule has 5 fully saturated rings. The van der Waals surface area contributed by atoms with Crippen LogP contribution in [0.4, 0.5) is 0 Å². The third-order valence-corrected chi connectivity index (χ3v) is 13.3. The number of rotatable bonds is 23. The van der Waals surface area contributed by atoms with Gasteiger partial charge >= 0.3 is 0 Å². The number of hydrogen-bond donors (Lipinski definition) is 15. The number of ether oxygens (including phenoxy) is 11. The average Bonchev–Trinajstić information content (AvgIpc) is 3.31. The summed E-state index contributed by atoms with van der Waals surface area (Å²) in [4.78, 5) is 0. The van der Waals surface area contributed by atoms with E-state index >= 15 is 0 Å². The molecule has 66 heavy (non-hydrogen) atoms. The summed E-state index contributed by atoms with van der Waals surface area (Å²) in [6, 6.07) is 0. The number of aliphatic hydroxyl groups excluding tert-OH is 15. The lowest BCUT2D eigenvalue weighted by Crippen LogP contribution is -2.61. The number of aliphatic hydroxyl groups is 15. The van der Waals surface area contributed by atoms with Gasteiger partial charge in [-0.25, -0.2) is 0 Å². The molecule has 5 saturated heterocycles. The van der Waals surface area contributed by atoms with Crippen LogP contribution in [0.3, 0.4) is 0 Å². The van der Waals surface area contributed by atoms with Gasteiger partial charge in [0.2, 0.25) is 0 Å². The zero-order chi connectivity index (χ0) is 48.4. The van der Waals surface area contributed by atoms with E-state index < -0.39 is 185 Å². The molecule has 0 bridgehead atoms. The SMILES string of the molecule is COC[C@@H]1C(CO[C@H]2OC(CO)[C@@H](COC[C@H]3OC(CO)[C@@H](COC[C@H]4OC(CO)[C@@H](O)[C@@H](O)C4O)[C@@H](O)C3O)[C@@H](O)C2O)O[C@H](COC[C@@H]2C(CO)O[C@H](COC)C(O)[C@@H]2O)C(O)[C@@H]1O. The fourth-order valence-electron chi connectivity index (χ4n) is 9.18. The third kappa shape index (κ3) is 13.1. The van der Waals surface area contributed by atoms with Crippen LogP contribution in [0.5, 0.6) is 0 Å². The molecule has 0 saturated carbocycles. The molecule has 388 valence electrons. The Morgan fingerprint density at radius 3 is 1.02 bits per heavy atom. The summed E-state index contributed by atoms with van der Waals surface area (Å²) in [7, 11) is 2.76. The summed E-state index contributed by atoms with van der Waals surface area (Å²) < 4.78 is 62.0. The molecule has 0 aromatic rings. The Morgan fingerprint density at radius 2 is 0.606 bits per heavy atom. The Balaban J connectivity index is 1.10. The highest BCUT2D eigenvalue weighted by atomic mass is 16.7. The summed E-state index contributed by atoms with van der Waals surface area (Å²) in [5.74, 6) is -3.81. The van der Waals surface area contributed by atoms with E-state index in [0.29, 0.717) is 0 Å². The van der Waals surface area contributed by atoms with Crippen molar-refractivity contribution in [2.45, 2.75) is 128 Å². The maximum absolute atomic E-state index is 11.2. The molecular formula is C40H72O26. The first kappa shape index (κ1) is 55.9. The van der Waals surface area contributed by atoms with Crippen LogP contribution < -0.4 is 0 Å². The minimum atomic E-state index is -1.72. The summed E-state index contributed by atoms with van der Waals surface area (Å²) in [5, 5.41) is 157. The first-order valence-electron chi connectivity index (χ1n) is 22.1. The van der Waals surface area contributed by atoms with Crippen molar-refractivity contribution >= 4 is 0 Å². The van der Waals surface area contributed by atoms with Gasteiger partial charge in [0.1, 0.15) is 73.2 Å². The second-order valence-electron chi connectivity index (χ2n) is 17.5. The van der Waals surface area contributed by atoms with Crippen LogP contribution in [0, 0.1) is 23.7 Å². The molecule has 10 unspecified atom stereocenters. The predicted molar refractivity (Wildman–Crippen MR) is 214 cm³/mol. The minimum absolute atomic E-state index is 0.0291. The smallest absolute Gasteiger partial charge is 0.186 e. The predicted octanol–water partition coefficient (Wildman–Crippen LogP) is -9.46. The lowest BCUT2D eigenvalue weighted by Gasteiger charge is -2.45. The van der Waals surface area contributed by atoms with E-state index in [-0.39, 0.29) is 52.9 Å². The van der Waals surface area contributed by atoms with Crippen LogP contribution in [0.25, 0.3) is 0 Å². The zero-order valence-corrected chi connectivity index (χ0v) is 36.8. The van der Waals surface area contributed by atoms with Crippen molar-refractivity contribution in [3.8, 4) is 0 Å². The molecule has 0 radical (unpaired) electrons. The lowest BCUT2D eigenvalue weighted by atomic mass is 9.86. The van der Waals surface area contributed by atoms with Gasteiger partial charge in [-0.2, -0.15) is 0 Å². The Bertz CT molecular complexity index is 1370. The molecule has 26 nitrogen and oxygen atoms in total. The van der Waals surface area contributed by atoms with Crippen LogP contribution in [-0.4, -0.2) is 305 Å². The molecule has 26 heteroatoms. The Labute approximate surface area is 380 Å². The van der Waals surface area contributed by atoms with Crippen molar-refractivity contribution in [2.75, 3.05) is 100 Å². The molecule has 5 aliphatic rings. The quantitative estimate of drug-likeness (QED) is 0.0452. The standard InChI is InChI=1S/C40H72O26/c1-56-7-16-24(65-27(36(52)29(16)45)13-58-8-17-20(3-41)62-25(11-57-2)34(50)30(17)46)15-61-40-39(55)32(48)19(22(5-43)66-40)10-60-12-26-35(51)31(47)18(21(4-42)63-26)9-59-14-28-37(53)38(54)33(49)23(6-44)64-28/h16-55H,3-15H2,1-2H3/t16-,17-,18-,19-,20?,21?,22?,23?,24?,25-,26-,27-,28-,29-,30-,31-,32-,33-,34?,35?,36?,37?,38-,39?,40+/m1/s1. The third-order valence-electron chi connectivity index (χ3n) is 13.3. The summed E-state index contributed by atoms with van der Waals surface area (Å²) >= 11 is 0. The molecule has 25 atom stereocenters. The first-order valence-corrected chi connectivity index (χ1v) is 22.1. The Hall–Kier alpha value is -1.04. The molecule has 5 aliphatic heterocycles. The summed E-state index contributed by atoms with van der Waals surface area (Å²) in [6.45, 7) is -4.93. The molecule has 0 aliphatic carbocycles. The fourth-order valence-corrected chi connectivity index (χ4v) is 9.18. The molecule has 5 heterocycles. The normalized spacial score (nSPS) is 47.0. The van der Waals surface area contributed by atoms with E-state index in [2.05, 4.69) is 0 Å². The lowest BCUT2D eigenvalue weighted by molar-refractivity contribution is -0.310. The molecule has 0 amide bonds. The Kier molecular flexibility index (Phi) is 22.4. The van der Waals surface area contributed by atoms with Gasteiger partial charge < -0.3 is 129 Å². The average molecular weight is 969 g/mol. The van der Waals surface area contributed by atoms with Gasteiger partial charge in [0, 0.05) is 37.9 Å². The van der Waals surface area contributed by atoms with E-state index in [9.17, 15) is 76.6 Å². The van der Waals surface area contributed by atoms with Crippen LogP contribution in [0.2, 0.25) is 0 Å². The molecule has 5 rings (SSSR count). The minimum Gasteiger partial charge on any atom is -0.394 e. The maximum Gasteiger partial charge on any atom is 0.186 e. The number of hydrogen-bond acceptors (Lipinski definition) is 26. The van der Waals surface area contributed by atoms with Crippen molar-refractivity contribution in [1.29, 1.82) is 0 Å². The van der Waals surface area contributed by atoms with Crippen LogP contribution in [0.1, 0.15) is 0 Å². The van der Waals surface area contributed by atoms with E-state index in [1.54, 1.807) is 0 Å². The van der Waals surface area contributed by atoms with E-state index in [0.717, 1.165) is 0 Å². The zero-order valence-electron chi connectivity index (χ0n) is 36.8. The first-order chi connectivity index (χ1) is 31.6. The van der Waals surface area contributed by atoms with Gasteiger partial charge in [0.05, 0.1) is 135 Å². The molecule has 0 spiro atoms. The van der Waals surface area contributed by atoms with Gasteiger partial charge in [-0.05, 0) is 0 Å². The van der Waals surface area contributed by atoms with Crippen LogP contribution in [-0.2, 0) is 52.1 Å². The summed E-state index contributed by atoms with van der Waals surface area (Å²) in [5.41, 5.74) is 0. The van der Waals surface area contributed by atoms with Gasteiger partial charge in [-0.1, -0.05) is 0 Å². The van der Waals surface area contributed by atoms with E-state index in [1.807, 2.05) is 0 Å². The largest absolute Gasteiger partial charge is 0.394 e. The van der Waals surface area contributed by atoms with Gasteiger partial charge in [0.15, 0.2) is 6.29 Å². The highest BCUT2D eigenvalue weighted by Crippen LogP contribution is 2.33. The van der Waals surface area contributed by atoms with Gasteiger partial charge in [0.25, 0.3) is 0 Å². The number of methoxy groups -OCH3 is 2. The Morgan fingerprint density at radius 1 is 0.288 bits per heavy atom. The fraction of sp³-hybridized carbons (Fsp3) is 1.00. The highest BCUT2D eigenvalue weighted by molar-refractivity contribution is 4.97. The van der Waals surface area contributed by atoms with Crippen LogP contribution in [0.15, 0.2) is 0 Å².